The van der Waals surface area contributed by atoms with Crippen molar-refractivity contribution < 1.29 is 13.2 Å². The van der Waals surface area contributed by atoms with Gasteiger partial charge in [-0.1, -0.05) is 0 Å². The van der Waals surface area contributed by atoms with Crippen LogP contribution in [-0.2, 0) is 14.8 Å². The van der Waals surface area contributed by atoms with Gasteiger partial charge in [0.15, 0.2) is 0 Å². The first-order valence-corrected chi connectivity index (χ1v) is 8.23. The second-order valence-corrected chi connectivity index (χ2v) is 7.51. The Morgan fingerprint density at radius 2 is 2.21 bits per heavy atom. The fourth-order valence-electron chi connectivity index (χ4n) is 2.02. The topological polar surface area (TPSA) is 81.4 Å². The number of halogens is 1. The van der Waals surface area contributed by atoms with E-state index in [0.29, 0.717) is 23.2 Å². The second-order valence-electron chi connectivity index (χ2n) is 4.97. The highest BCUT2D eigenvalue weighted by Crippen LogP contribution is 2.28. The largest absolute Gasteiger partial charge is 0.398 e. The third-order valence-corrected chi connectivity index (χ3v) is 5.86. The number of ether oxygens (including phenoxy) is 1. The molecule has 106 valence electrons. The van der Waals surface area contributed by atoms with Crippen LogP contribution in [0.5, 0.6) is 0 Å². The van der Waals surface area contributed by atoms with Crippen LogP contribution in [0.4, 0.5) is 5.69 Å². The maximum atomic E-state index is 12.4. The van der Waals surface area contributed by atoms with E-state index in [4.69, 9.17) is 10.5 Å². The van der Waals surface area contributed by atoms with Gasteiger partial charge in [0.2, 0.25) is 10.0 Å². The number of nitrogens with one attached hydrogen (secondary N) is 1. The average Bonchev–Trinajstić information content (AvgIpc) is 2.61. The van der Waals surface area contributed by atoms with Crippen molar-refractivity contribution in [2.24, 2.45) is 0 Å². The van der Waals surface area contributed by atoms with E-state index in [-0.39, 0.29) is 11.0 Å². The molecule has 5 nitrogen and oxygen atoms in total. The van der Waals surface area contributed by atoms with Crippen LogP contribution in [0, 0.1) is 0 Å². The number of hydrogen-bond acceptors (Lipinski definition) is 4. The van der Waals surface area contributed by atoms with Crippen molar-refractivity contribution in [1.82, 2.24) is 4.72 Å². The molecule has 0 saturated carbocycles. The molecule has 1 aromatic carbocycles. The van der Waals surface area contributed by atoms with Gasteiger partial charge < -0.3 is 10.5 Å². The average molecular weight is 349 g/mol. The molecule has 0 aromatic heterocycles. The zero-order chi connectivity index (χ0) is 14.3. The third-order valence-electron chi connectivity index (χ3n) is 3.53. The number of hydrogen-bond donors (Lipinski definition) is 2. The molecule has 0 spiro atoms. The first kappa shape index (κ1) is 14.8. The van der Waals surface area contributed by atoms with Crippen molar-refractivity contribution in [3.05, 3.63) is 22.7 Å². The van der Waals surface area contributed by atoms with Gasteiger partial charge in [0.05, 0.1) is 16.5 Å². The molecule has 0 radical (unpaired) electrons. The van der Waals surface area contributed by atoms with Gasteiger partial charge in [0.25, 0.3) is 0 Å². The molecule has 3 N–H and O–H groups in total. The Kier molecular flexibility index (Phi) is 3.92. The molecule has 1 aliphatic heterocycles. The Labute approximate surface area is 121 Å². The summed E-state index contributed by atoms with van der Waals surface area (Å²) in [5.41, 5.74) is 5.53. The Morgan fingerprint density at radius 3 is 2.74 bits per heavy atom. The molecular weight excluding hydrogens is 332 g/mol. The van der Waals surface area contributed by atoms with Crippen LogP contribution in [0.2, 0.25) is 0 Å². The van der Waals surface area contributed by atoms with E-state index < -0.39 is 15.6 Å². The summed E-state index contributed by atoms with van der Waals surface area (Å²) >= 11 is 3.24. The minimum absolute atomic E-state index is 0.157. The fourth-order valence-corrected chi connectivity index (χ4v) is 3.80. The van der Waals surface area contributed by atoms with Gasteiger partial charge in [-0.05, 0) is 54.4 Å². The highest BCUT2D eigenvalue weighted by atomic mass is 79.9. The Balaban J connectivity index is 2.30. The molecule has 1 fully saturated rings. The van der Waals surface area contributed by atoms with Gasteiger partial charge in [0.1, 0.15) is 0 Å². The summed E-state index contributed by atoms with van der Waals surface area (Å²) < 4.78 is 33.6. The standard InChI is InChI=1S/C12H17BrN2O3S/c1-8-12(2,5-6-18-8)15-19(16,17)9-3-4-10(13)11(14)7-9/h3-4,7-8,15H,5-6,14H2,1-2H3. The van der Waals surface area contributed by atoms with Crippen LogP contribution >= 0.6 is 15.9 Å². The summed E-state index contributed by atoms with van der Waals surface area (Å²) in [5.74, 6) is 0. The van der Waals surface area contributed by atoms with Crippen LogP contribution in [0.3, 0.4) is 0 Å². The molecule has 1 saturated heterocycles. The highest BCUT2D eigenvalue weighted by molar-refractivity contribution is 9.10. The molecule has 2 rings (SSSR count). The predicted molar refractivity (Wildman–Crippen MR) is 77.3 cm³/mol. The first-order chi connectivity index (χ1) is 8.74. The summed E-state index contributed by atoms with van der Waals surface area (Å²) in [5, 5.41) is 0. The minimum Gasteiger partial charge on any atom is -0.398 e. The lowest BCUT2D eigenvalue weighted by atomic mass is 9.97. The number of anilines is 1. The molecule has 0 bridgehead atoms. The molecule has 0 aliphatic carbocycles. The van der Waals surface area contributed by atoms with E-state index >= 15 is 0 Å². The summed E-state index contributed by atoms with van der Waals surface area (Å²) in [4.78, 5) is 0.161. The minimum atomic E-state index is -3.61. The molecule has 2 unspecified atom stereocenters. The molecule has 7 heteroatoms. The van der Waals surface area contributed by atoms with Crippen molar-refractivity contribution in [1.29, 1.82) is 0 Å². The van der Waals surface area contributed by atoms with Crippen LogP contribution in [0.15, 0.2) is 27.6 Å². The Hall–Kier alpha value is -0.630. The SMILES string of the molecule is CC1OCCC1(C)NS(=O)(=O)c1ccc(Br)c(N)c1. The van der Waals surface area contributed by atoms with Crippen molar-refractivity contribution in [2.75, 3.05) is 12.3 Å². The Bertz CT molecular complexity index is 591. The quantitative estimate of drug-likeness (QED) is 0.817. The molecule has 19 heavy (non-hydrogen) atoms. The summed E-state index contributed by atoms with van der Waals surface area (Å²) in [6.45, 7) is 4.28. The van der Waals surface area contributed by atoms with Gasteiger partial charge >= 0.3 is 0 Å². The summed E-state index contributed by atoms with van der Waals surface area (Å²) in [7, 11) is -3.61. The molecule has 0 amide bonds. The molecular formula is C12H17BrN2O3S. The number of nitrogens with two attached hydrogens (primary N) is 1. The molecule has 1 heterocycles. The van der Waals surface area contributed by atoms with Gasteiger partial charge in [-0.25, -0.2) is 13.1 Å². The van der Waals surface area contributed by atoms with Gasteiger partial charge in [-0.2, -0.15) is 0 Å². The van der Waals surface area contributed by atoms with Crippen LogP contribution in [-0.4, -0.2) is 26.7 Å². The summed E-state index contributed by atoms with van der Waals surface area (Å²) in [6.07, 6.45) is 0.495. The Morgan fingerprint density at radius 1 is 1.53 bits per heavy atom. The monoisotopic (exact) mass is 348 g/mol. The van der Waals surface area contributed by atoms with E-state index in [9.17, 15) is 8.42 Å². The van der Waals surface area contributed by atoms with Gasteiger partial charge in [0, 0.05) is 16.8 Å². The van der Waals surface area contributed by atoms with Crippen LogP contribution in [0.25, 0.3) is 0 Å². The number of sulfonamides is 1. The smallest absolute Gasteiger partial charge is 0.241 e. The maximum absolute atomic E-state index is 12.4. The van der Waals surface area contributed by atoms with Crippen molar-refractivity contribution in [3.63, 3.8) is 0 Å². The number of nitrogen functional groups attached to an aromatic ring is 1. The van der Waals surface area contributed by atoms with E-state index in [1.54, 1.807) is 6.07 Å². The lowest BCUT2D eigenvalue weighted by Gasteiger charge is -2.28. The first-order valence-electron chi connectivity index (χ1n) is 5.95. The lowest BCUT2D eigenvalue weighted by molar-refractivity contribution is 0.0957. The van der Waals surface area contributed by atoms with Crippen molar-refractivity contribution >= 4 is 31.6 Å². The van der Waals surface area contributed by atoms with E-state index in [1.807, 2.05) is 13.8 Å². The van der Waals surface area contributed by atoms with Crippen LogP contribution < -0.4 is 10.5 Å². The third kappa shape index (κ3) is 2.94. The molecule has 2 atom stereocenters. The summed E-state index contributed by atoms with van der Waals surface area (Å²) in [6, 6.07) is 4.59. The molecule has 1 aliphatic rings. The molecule has 1 aromatic rings. The zero-order valence-electron chi connectivity index (χ0n) is 10.8. The van der Waals surface area contributed by atoms with Crippen molar-refractivity contribution in [2.45, 2.75) is 36.8 Å². The fraction of sp³-hybridized carbons (Fsp3) is 0.500. The lowest BCUT2D eigenvalue weighted by Crippen LogP contribution is -2.50. The number of benzene rings is 1. The van der Waals surface area contributed by atoms with Gasteiger partial charge in [-0.3, -0.25) is 0 Å². The van der Waals surface area contributed by atoms with Crippen molar-refractivity contribution in [3.8, 4) is 0 Å². The normalized spacial score (nSPS) is 27.6. The predicted octanol–water partition coefficient (Wildman–Crippen LogP) is 1.88. The van der Waals surface area contributed by atoms with Gasteiger partial charge in [-0.15, -0.1) is 0 Å². The van der Waals surface area contributed by atoms with E-state index in [0.717, 1.165) is 0 Å². The highest BCUT2D eigenvalue weighted by Gasteiger charge is 2.40. The van der Waals surface area contributed by atoms with E-state index in [2.05, 4.69) is 20.7 Å². The number of rotatable bonds is 3. The van der Waals surface area contributed by atoms with Crippen LogP contribution in [0.1, 0.15) is 20.3 Å². The van der Waals surface area contributed by atoms with E-state index in [1.165, 1.54) is 12.1 Å². The maximum Gasteiger partial charge on any atom is 0.241 e. The second kappa shape index (κ2) is 5.05. The zero-order valence-corrected chi connectivity index (χ0v) is 13.2.